The lowest BCUT2D eigenvalue weighted by Gasteiger charge is -2.18. The number of ketones is 1. The van der Waals surface area contributed by atoms with Crippen molar-refractivity contribution in [3.05, 3.63) is 42.2 Å². The molecule has 1 atom stereocenters. The van der Waals surface area contributed by atoms with E-state index in [4.69, 9.17) is 4.98 Å². The van der Waals surface area contributed by atoms with E-state index in [1.165, 1.54) is 0 Å². The number of hydrogen-bond acceptors (Lipinski definition) is 9. The molecule has 10 heteroatoms. The largest absolute Gasteiger partial charge is 0.382 e. The highest BCUT2D eigenvalue weighted by Crippen LogP contribution is 2.36. The molecule has 190 valence electrons. The average molecular weight is 515 g/mol. The Balaban J connectivity index is 1.43. The van der Waals surface area contributed by atoms with Crippen LogP contribution >= 0.6 is 11.3 Å². The molecule has 1 aliphatic heterocycles. The zero-order valence-corrected chi connectivity index (χ0v) is 22.1. The van der Waals surface area contributed by atoms with Crippen LogP contribution in [-0.4, -0.2) is 49.7 Å². The van der Waals surface area contributed by atoms with E-state index >= 15 is 0 Å². The summed E-state index contributed by atoms with van der Waals surface area (Å²) < 4.78 is 1.80. The number of carbonyl (C=O) groups is 1. The molecule has 1 N–H and O–H groups in total. The van der Waals surface area contributed by atoms with Crippen molar-refractivity contribution in [3.8, 4) is 28.0 Å². The average Bonchev–Trinajstić information content (AvgIpc) is 3.46. The molecule has 0 amide bonds. The summed E-state index contributed by atoms with van der Waals surface area (Å²) in [5, 5.41) is 27.9. The first-order chi connectivity index (χ1) is 17.9. The summed E-state index contributed by atoms with van der Waals surface area (Å²) in [6.45, 7) is 7.70. The highest BCUT2D eigenvalue weighted by atomic mass is 32.1. The first kappa shape index (κ1) is 24.8. The third kappa shape index (κ3) is 5.47. The number of pyridine rings is 1. The second-order valence-corrected chi connectivity index (χ2v) is 10.9. The van der Waals surface area contributed by atoms with Gasteiger partial charge in [0.25, 0.3) is 0 Å². The number of nitrogens with zero attached hydrogens (tertiary/aromatic N) is 7. The van der Waals surface area contributed by atoms with Crippen LogP contribution in [0.1, 0.15) is 52.0 Å². The molecular formula is C27H30N8OS. The summed E-state index contributed by atoms with van der Waals surface area (Å²) in [5.41, 5.74) is 4.83. The molecule has 1 unspecified atom stereocenters. The van der Waals surface area contributed by atoms with Gasteiger partial charge in [-0.25, -0.2) is 4.52 Å². The van der Waals surface area contributed by atoms with E-state index in [9.17, 15) is 10.1 Å². The first-order valence-electron chi connectivity index (χ1n) is 12.6. The van der Waals surface area contributed by atoms with E-state index in [-0.39, 0.29) is 11.8 Å². The molecule has 5 rings (SSSR count). The van der Waals surface area contributed by atoms with Crippen LogP contribution in [0.15, 0.2) is 36.7 Å². The number of nitriles is 1. The topological polar surface area (TPSA) is 112 Å². The summed E-state index contributed by atoms with van der Waals surface area (Å²) in [6, 6.07) is 10.1. The minimum Gasteiger partial charge on any atom is -0.382 e. The molecule has 37 heavy (non-hydrogen) atoms. The van der Waals surface area contributed by atoms with Gasteiger partial charge in [-0.05, 0) is 70.2 Å². The molecule has 0 saturated carbocycles. The van der Waals surface area contributed by atoms with E-state index < -0.39 is 0 Å². The zero-order valence-electron chi connectivity index (χ0n) is 21.3. The smallest absolute Gasteiger partial charge is 0.208 e. The van der Waals surface area contributed by atoms with Gasteiger partial charge in [-0.15, -0.1) is 10.2 Å². The van der Waals surface area contributed by atoms with Gasteiger partial charge in [0.15, 0.2) is 5.01 Å². The number of Topliss-reactive ketones (excluding diaryl/α,β-unsaturated/α-hetero) is 1. The molecule has 4 aromatic heterocycles. The van der Waals surface area contributed by atoms with Gasteiger partial charge < -0.3 is 15.0 Å². The van der Waals surface area contributed by atoms with E-state index in [1.807, 2.05) is 30.5 Å². The lowest BCUT2D eigenvalue weighted by Crippen LogP contribution is -2.24. The molecular weight excluding hydrogens is 484 g/mol. The Morgan fingerprint density at radius 3 is 2.86 bits per heavy atom. The fraction of sp³-hybridized carbons (Fsp3) is 0.407. The SMILES string of the molecule is CC(=O)CC1CCCN(c2nnc(-c3cnc(-c4ccc5cc(C#N)cnn45)cc3NC(C)C)s2)CC1. The fourth-order valence-electron chi connectivity index (χ4n) is 4.87. The van der Waals surface area contributed by atoms with Crippen LogP contribution in [0.5, 0.6) is 0 Å². The Hall–Kier alpha value is -3.84. The lowest BCUT2D eigenvalue weighted by molar-refractivity contribution is -0.117. The number of fused-ring (bicyclic) bond motifs is 1. The molecule has 1 fully saturated rings. The van der Waals surface area contributed by atoms with Crippen molar-refractivity contribution in [1.82, 2.24) is 24.8 Å². The maximum absolute atomic E-state index is 11.6. The number of aromatic nitrogens is 5. The number of nitrogens with one attached hydrogen (secondary N) is 1. The molecule has 5 heterocycles. The normalized spacial score (nSPS) is 16.1. The van der Waals surface area contributed by atoms with Crippen molar-refractivity contribution >= 4 is 33.5 Å². The monoisotopic (exact) mass is 514 g/mol. The molecule has 0 aromatic carbocycles. The molecule has 9 nitrogen and oxygen atoms in total. The van der Waals surface area contributed by atoms with Crippen LogP contribution in [0.4, 0.5) is 10.8 Å². The van der Waals surface area contributed by atoms with Crippen LogP contribution in [0.3, 0.4) is 0 Å². The van der Waals surface area contributed by atoms with Crippen molar-refractivity contribution < 1.29 is 4.79 Å². The maximum Gasteiger partial charge on any atom is 0.208 e. The van der Waals surface area contributed by atoms with Gasteiger partial charge in [-0.2, -0.15) is 10.4 Å². The van der Waals surface area contributed by atoms with Crippen LogP contribution in [0.2, 0.25) is 0 Å². The van der Waals surface area contributed by atoms with Gasteiger partial charge in [-0.3, -0.25) is 4.98 Å². The van der Waals surface area contributed by atoms with Gasteiger partial charge in [0, 0.05) is 37.4 Å². The Bertz CT molecular complexity index is 1470. The highest BCUT2D eigenvalue weighted by Gasteiger charge is 2.22. The summed E-state index contributed by atoms with van der Waals surface area (Å²) in [5.74, 6) is 0.730. The predicted octanol–water partition coefficient (Wildman–Crippen LogP) is 5.19. The molecule has 0 radical (unpaired) electrons. The van der Waals surface area contributed by atoms with Gasteiger partial charge in [0.05, 0.1) is 34.2 Å². The number of hydrogen-bond donors (Lipinski definition) is 1. The number of rotatable bonds is 7. The standard InChI is InChI=1S/C27H30N8OS/c1-17(2)31-23-13-24(25-7-6-21-12-20(14-28)15-30-35(21)25)29-16-22(23)26-32-33-27(37-26)34-9-4-5-19(8-10-34)11-18(3)36/h6-7,12-13,15-17,19H,4-5,8-11H2,1-3H3,(H,29,31). The predicted molar refractivity (Wildman–Crippen MR) is 146 cm³/mol. The van der Waals surface area contributed by atoms with Crippen molar-refractivity contribution in [2.24, 2.45) is 5.92 Å². The van der Waals surface area contributed by atoms with Crippen molar-refractivity contribution in [2.45, 2.75) is 52.5 Å². The molecule has 1 saturated heterocycles. The van der Waals surface area contributed by atoms with E-state index in [0.29, 0.717) is 17.9 Å². The van der Waals surface area contributed by atoms with Gasteiger partial charge in [-0.1, -0.05) is 11.3 Å². The summed E-state index contributed by atoms with van der Waals surface area (Å²) >= 11 is 1.58. The van der Waals surface area contributed by atoms with Gasteiger partial charge in [0.1, 0.15) is 11.9 Å². The Morgan fingerprint density at radius 1 is 1.22 bits per heavy atom. The second-order valence-electron chi connectivity index (χ2n) is 9.91. The van der Waals surface area contributed by atoms with Crippen molar-refractivity contribution in [3.63, 3.8) is 0 Å². The van der Waals surface area contributed by atoms with E-state index in [1.54, 1.807) is 29.0 Å². The Labute approximate surface area is 220 Å². The van der Waals surface area contributed by atoms with Crippen molar-refractivity contribution in [1.29, 1.82) is 5.26 Å². The van der Waals surface area contributed by atoms with Crippen molar-refractivity contribution in [2.75, 3.05) is 23.3 Å². The molecule has 0 spiro atoms. The van der Waals surface area contributed by atoms with Crippen LogP contribution in [0, 0.1) is 17.2 Å². The van der Waals surface area contributed by atoms with Crippen LogP contribution < -0.4 is 10.2 Å². The maximum atomic E-state index is 11.6. The lowest BCUT2D eigenvalue weighted by atomic mass is 9.95. The zero-order chi connectivity index (χ0) is 25.9. The van der Waals surface area contributed by atoms with Gasteiger partial charge >= 0.3 is 0 Å². The Morgan fingerprint density at radius 2 is 2.08 bits per heavy atom. The second kappa shape index (κ2) is 10.6. The highest BCUT2D eigenvalue weighted by molar-refractivity contribution is 7.18. The number of carbonyl (C=O) groups excluding carboxylic acids is 1. The summed E-state index contributed by atoms with van der Waals surface area (Å²) in [6.07, 6.45) is 7.21. The first-order valence-corrected chi connectivity index (χ1v) is 13.5. The van der Waals surface area contributed by atoms with Crippen LogP contribution in [-0.2, 0) is 4.79 Å². The summed E-state index contributed by atoms with van der Waals surface area (Å²) in [7, 11) is 0. The molecule has 0 aliphatic carbocycles. The molecule has 1 aliphatic rings. The molecule has 4 aromatic rings. The summed E-state index contributed by atoms with van der Waals surface area (Å²) in [4.78, 5) is 18.6. The molecule has 0 bridgehead atoms. The fourth-order valence-corrected chi connectivity index (χ4v) is 5.79. The van der Waals surface area contributed by atoms with E-state index in [2.05, 4.69) is 45.4 Å². The number of anilines is 2. The minimum atomic E-state index is 0.213. The van der Waals surface area contributed by atoms with Crippen LogP contribution in [0.25, 0.3) is 27.5 Å². The van der Waals surface area contributed by atoms with Gasteiger partial charge in [0.2, 0.25) is 5.13 Å². The quantitative estimate of drug-likeness (QED) is 0.358. The van der Waals surface area contributed by atoms with E-state index in [0.717, 1.165) is 70.6 Å². The minimum absolute atomic E-state index is 0.213. The Kier molecular flexibility index (Phi) is 7.15. The third-order valence-electron chi connectivity index (χ3n) is 6.58. The third-order valence-corrected chi connectivity index (χ3v) is 7.60.